The van der Waals surface area contributed by atoms with Crippen LogP contribution < -0.4 is 5.32 Å². The number of methoxy groups -OCH3 is 1. The molecule has 2 rings (SSSR count). The maximum atomic E-state index is 5.46. The number of hydrogen-bond acceptors (Lipinski definition) is 4. The van der Waals surface area contributed by atoms with E-state index < -0.39 is 0 Å². The third-order valence-corrected chi connectivity index (χ3v) is 3.66. The van der Waals surface area contributed by atoms with Crippen LogP contribution in [-0.4, -0.2) is 63.5 Å². The van der Waals surface area contributed by atoms with Crippen LogP contribution in [0.15, 0.2) is 0 Å². The first-order chi connectivity index (χ1) is 7.88. The quantitative estimate of drug-likeness (QED) is 0.758. The van der Waals surface area contributed by atoms with Crippen molar-refractivity contribution in [2.45, 2.75) is 31.4 Å². The second-order valence-corrected chi connectivity index (χ2v) is 4.79. The predicted octanol–water partition coefficient (Wildman–Crippen LogP) is 0.476. The summed E-state index contributed by atoms with van der Waals surface area (Å²) in [5.41, 5.74) is 0. The molecule has 0 saturated carbocycles. The highest BCUT2D eigenvalue weighted by molar-refractivity contribution is 4.76. The Hall–Kier alpha value is -0.160. The molecule has 1 N–H and O–H groups in total. The summed E-state index contributed by atoms with van der Waals surface area (Å²) in [6.45, 7) is 6.33. The molecule has 0 spiro atoms. The van der Waals surface area contributed by atoms with Crippen molar-refractivity contribution < 1.29 is 9.47 Å². The standard InChI is InChI=1S/C12H24N2O2/c1-15-12-3-7-14(8-4-12)6-2-11-10-16-9-5-13-11/h11-13H,2-10H2,1H3. The first-order valence-electron chi connectivity index (χ1n) is 6.45. The largest absolute Gasteiger partial charge is 0.381 e. The third kappa shape index (κ3) is 3.70. The maximum Gasteiger partial charge on any atom is 0.0620 e. The molecule has 2 heterocycles. The molecule has 16 heavy (non-hydrogen) atoms. The van der Waals surface area contributed by atoms with Crippen molar-refractivity contribution in [2.75, 3.05) is 46.5 Å². The number of nitrogens with one attached hydrogen (secondary N) is 1. The van der Waals surface area contributed by atoms with Gasteiger partial charge < -0.3 is 19.7 Å². The lowest BCUT2D eigenvalue weighted by atomic mass is 10.1. The van der Waals surface area contributed by atoms with E-state index in [0.29, 0.717) is 12.1 Å². The Morgan fingerprint density at radius 3 is 2.81 bits per heavy atom. The van der Waals surface area contributed by atoms with Crippen LogP contribution in [0.5, 0.6) is 0 Å². The fraction of sp³-hybridized carbons (Fsp3) is 1.00. The molecule has 2 aliphatic heterocycles. The van der Waals surface area contributed by atoms with Gasteiger partial charge in [0.1, 0.15) is 0 Å². The van der Waals surface area contributed by atoms with Gasteiger partial charge in [0.2, 0.25) is 0 Å². The number of piperidine rings is 1. The summed E-state index contributed by atoms with van der Waals surface area (Å²) in [5, 5.41) is 3.50. The van der Waals surface area contributed by atoms with Gasteiger partial charge in [0.15, 0.2) is 0 Å². The van der Waals surface area contributed by atoms with Crippen molar-refractivity contribution in [2.24, 2.45) is 0 Å². The van der Waals surface area contributed by atoms with Gasteiger partial charge in [-0.1, -0.05) is 0 Å². The second-order valence-electron chi connectivity index (χ2n) is 4.79. The molecule has 0 radical (unpaired) electrons. The molecule has 2 fully saturated rings. The topological polar surface area (TPSA) is 33.7 Å². The van der Waals surface area contributed by atoms with Gasteiger partial charge in [-0.3, -0.25) is 0 Å². The average molecular weight is 228 g/mol. The number of hydrogen-bond donors (Lipinski definition) is 1. The Balaban J connectivity index is 1.59. The van der Waals surface area contributed by atoms with Gasteiger partial charge in [-0.25, -0.2) is 0 Å². The van der Waals surface area contributed by atoms with Crippen LogP contribution in [-0.2, 0) is 9.47 Å². The van der Waals surface area contributed by atoms with Gasteiger partial charge in [0, 0.05) is 32.8 Å². The zero-order chi connectivity index (χ0) is 11.2. The maximum absolute atomic E-state index is 5.46. The van der Waals surface area contributed by atoms with Gasteiger partial charge in [-0.05, 0) is 25.8 Å². The van der Waals surface area contributed by atoms with Gasteiger partial charge in [-0.15, -0.1) is 0 Å². The van der Waals surface area contributed by atoms with Gasteiger partial charge in [-0.2, -0.15) is 0 Å². The Kier molecular flexibility index (Phi) is 5.03. The Morgan fingerprint density at radius 1 is 1.38 bits per heavy atom. The summed E-state index contributed by atoms with van der Waals surface area (Å²) >= 11 is 0. The monoisotopic (exact) mass is 228 g/mol. The molecule has 0 amide bonds. The van der Waals surface area contributed by atoms with Crippen molar-refractivity contribution in [3.8, 4) is 0 Å². The smallest absolute Gasteiger partial charge is 0.0620 e. The van der Waals surface area contributed by atoms with E-state index >= 15 is 0 Å². The van der Waals surface area contributed by atoms with E-state index in [0.717, 1.165) is 19.8 Å². The molecular formula is C12H24N2O2. The number of likely N-dealkylation sites (tertiary alicyclic amines) is 1. The summed E-state index contributed by atoms with van der Waals surface area (Å²) in [5.74, 6) is 0. The zero-order valence-electron chi connectivity index (χ0n) is 10.3. The van der Waals surface area contributed by atoms with E-state index in [1.165, 1.54) is 38.9 Å². The van der Waals surface area contributed by atoms with Crippen LogP contribution in [0.2, 0.25) is 0 Å². The first-order valence-corrected chi connectivity index (χ1v) is 6.45. The molecule has 4 heteroatoms. The minimum Gasteiger partial charge on any atom is -0.381 e. The summed E-state index contributed by atoms with van der Waals surface area (Å²) < 4.78 is 10.8. The van der Waals surface area contributed by atoms with E-state index in [2.05, 4.69) is 10.2 Å². The summed E-state index contributed by atoms with van der Waals surface area (Å²) in [4.78, 5) is 2.55. The molecule has 4 nitrogen and oxygen atoms in total. The minimum absolute atomic E-state index is 0.493. The SMILES string of the molecule is COC1CCN(CCC2COCCN2)CC1. The van der Waals surface area contributed by atoms with Gasteiger partial charge >= 0.3 is 0 Å². The van der Waals surface area contributed by atoms with Gasteiger partial charge in [0.05, 0.1) is 19.3 Å². The van der Waals surface area contributed by atoms with Crippen molar-refractivity contribution >= 4 is 0 Å². The molecule has 0 aliphatic carbocycles. The number of ether oxygens (including phenoxy) is 2. The average Bonchev–Trinajstić information content (AvgIpc) is 2.38. The van der Waals surface area contributed by atoms with Crippen LogP contribution in [0.1, 0.15) is 19.3 Å². The lowest BCUT2D eigenvalue weighted by molar-refractivity contribution is 0.0347. The summed E-state index contributed by atoms with van der Waals surface area (Å²) in [7, 11) is 1.82. The van der Waals surface area contributed by atoms with Crippen molar-refractivity contribution in [3.63, 3.8) is 0 Å². The van der Waals surface area contributed by atoms with Crippen molar-refractivity contribution in [3.05, 3.63) is 0 Å². The van der Waals surface area contributed by atoms with Crippen LogP contribution >= 0.6 is 0 Å². The summed E-state index contributed by atoms with van der Waals surface area (Å²) in [6.07, 6.45) is 4.07. The second kappa shape index (κ2) is 6.55. The fourth-order valence-corrected chi connectivity index (χ4v) is 2.51. The molecular weight excluding hydrogens is 204 g/mol. The lowest BCUT2D eigenvalue weighted by Gasteiger charge is -2.33. The van der Waals surface area contributed by atoms with E-state index in [1.807, 2.05) is 7.11 Å². The molecule has 1 unspecified atom stereocenters. The first kappa shape index (κ1) is 12.3. The highest BCUT2D eigenvalue weighted by Gasteiger charge is 2.20. The van der Waals surface area contributed by atoms with Gasteiger partial charge in [0.25, 0.3) is 0 Å². The van der Waals surface area contributed by atoms with Crippen molar-refractivity contribution in [1.82, 2.24) is 10.2 Å². The van der Waals surface area contributed by atoms with Crippen molar-refractivity contribution in [1.29, 1.82) is 0 Å². The predicted molar refractivity (Wildman–Crippen MR) is 63.7 cm³/mol. The molecule has 94 valence electrons. The molecule has 0 aromatic rings. The third-order valence-electron chi connectivity index (χ3n) is 3.66. The van der Waals surface area contributed by atoms with E-state index in [9.17, 15) is 0 Å². The molecule has 2 saturated heterocycles. The molecule has 0 aromatic heterocycles. The van der Waals surface area contributed by atoms with Crippen LogP contribution in [0.4, 0.5) is 0 Å². The Bertz CT molecular complexity index is 187. The summed E-state index contributed by atoms with van der Waals surface area (Å²) in [6, 6.07) is 0.564. The number of nitrogens with zero attached hydrogens (tertiary/aromatic N) is 1. The highest BCUT2D eigenvalue weighted by atomic mass is 16.5. The van der Waals surface area contributed by atoms with Crippen LogP contribution in [0.25, 0.3) is 0 Å². The normalized spacial score (nSPS) is 29.4. The molecule has 1 atom stereocenters. The number of rotatable bonds is 4. The number of morpholine rings is 1. The van der Waals surface area contributed by atoms with E-state index in [4.69, 9.17) is 9.47 Å². The fourth-order valence-electron chi connectivity index (χ4n) is 2.51. The highest BCUT2D eigenvalue weighted by Crippen LogP contribution is 2.13. The van der Waals surface area contributed by atoms with E-state index in [1.54, 1.807) is 0 Å². The van der Waals surface area contributed by atoms with E-state index in [-0.39, 0.29) is 0 Å². The molecule has 0 aromatic carbocycles. The molecule has 2 aliphatic rings. The Labute approximate surface area is 98.3 Å². The zero-order valence-corrected chi connectivity index (χ0v) is 10.3. The Morgan fingerprint density at radius 2 is 2.19 bits per heavy atom. The van der Waals surface area contributed by atoms with Crippen LogP contribution in [0.3, 0.4) is 0 Å². The minimum atomic E-state index is 0.493. The van der Waals surface area contributed by atoms with Crippen LogP contribution in [0, 0.1) is 0 Å². The molecule has 0 bridgehead atoms. The lowest BCUT2D eigenvalue weighted by Crippen LogP contribution is -2.44.